The SMILES string of the molecule is CN(C(=O)CC(C)(C)CN)C1CCS(=O)(=O)C1. The topological polar surface area (TPSA) is 80.5 Å². The predicted molar refractivity (Wildman–Crippen MR) is 67.3 cm³/mol. The van der Waals surface area contributed by atoms with E-state index in [0.29, 0.717) is 19.4 Å². The molecule has 0 radical (unpaired) electrons. The number of carbonyl (C=O) groups is 1. The maximum absolute atomic E-state index is 12.0. The average molecular weight is 262 g/mol. The number of carbonyl (C=O) groups excluding carboxylic acids is 1. The molecule has 1 saturated heterocycles. The van der Waals surface area contributed by atoms with Gasteiger partial charge in [-0.15, -0.1) is 0 Å². The fourth-order valence-electron chi connectivity index (χ4n) is 1.89. The molecule has 1 heterocycles. The van der Waals surface area contributed by atoms with E-state index in [4.69, 9.17) is 5.73 Å². The number of hydrogen-bond acceptors (Lipinski definition) is 4. The minimum atomic E-state index is -2.94. The van der Waals surface area contributed by atoms with Crippen molar-refractivity contribution >= 4 is 15.7 Å². The van der Waals surface area contributed by atoms with Crippen LogP contribution in [0.15, 0.2) is 0 Å². The molecule has 1 atom stereocenters. The second-order valence-corrected chi connectivity index (χ2v) is 7.84. The van der Waals surface area contributed by atoms with Crippen molar-refractivity contribution in [3.05, 3.63) is 0 Å². The summed E-state index contributed by atoms with van der Waals surface area (Å²) in [5.74, 6) is 0.260. The zero-order chi connectivity index (χ0) is 13.3. The summed E-state index contributed by atoms with van der Waals surface area (Å²) in [4.78, 5) is 13.6. The molecular weight excluding hydrogens is 240 g/mol. The highest BCUT2D eigenvalue weighted by Crippen LogP contribution is 2.22. The largest absolute Gasteiger partial charge is 0.342 e. The molecule has 100 valence electrons. The van der Waals surface area contributed by atoms with Gasteiger partial charge in [0.25, 0.3) is 0 Å². The second kappa shape index (κ2) is 4.94. The van der Waals surface area contributed by atoms with Gasteiger partial charge in [-0.3, -0.25) is 4.79 Å². The van der Waals surface area contributed by atoms with Crippen LogP contribution in [0.1, 0.15) is 26.7 Å². The van der Waals surface area contributed by atoms with Crippen molar-refractivity contribution in [1.82, 2.24) is 4.90 Å². The summed E-state index contributed by atoms with van der Waals surface area (Å²) in [7, 11) is -1.26. The monoisotopic (exact) mass is 262 g/mol. The highest BCUT2D eigenvalue weighted by atomic mass is 32.2. The van der Waals surface area contributed by atoms with Gasteiger partial charge in [0.15, 0.2) is 9.84 Å². The number of rotatable bonds is 4. The van der Waals surface area contributed by atoms with E-state index in [1.165, 1.54) is 0 Å². The fraction of sp³-hybridized carbons (Fsp3) is 0.909. The highest BCUT2D eigenvalue weighted by molar-refractivity contribution is 7.91. The molecule has 1 aliphatic rings. The minimum absolute atomic E-state index is 0.0254. The van der Waals surface area contributed by atoms with Crippen molar-refractivity contribution in [2.75, 3.05) is 25.1 Å². The lowest BCUT2D eigenvalue weighted by Gasteiger charge is -2.28. The van der Waals surface area contributed by atoms with Crippen molar-refractivity contribution in [2.45, 2.75) is 32.7 Å². The molecule has 6 heteroatoms. The molecule has 1 rings (SSSR count). The zero-order valence-corrected chi connectivity index (χ0v) is 11.6. The van der Waals surface area contributed by atoms with Crippen LogP contribution in [0, 0.1) is 5.41 Å². The lowest BCUT2D eigenvalue weighted by atomic mass is 9.89. The van der Waals surface area contributed by atoms with Crippen molar-refractivity contribution in [3.8, 4) is 0 Å². The van der Waals surface area contributed by atoms with E-state index in [-0.39, 0.29) is 28.9 Å². The maximum Gasteiger partial charge on any atom is 0.223 e. The van der Waals surface area contributed by atoms with Gasteiger partial charge >= 0.3 is 0 Å². The number of amides is 1. The number of sulfone groups is 1. The number of nitrogens with two attached hydrogens (primary N) is 1. The molecule has 0 spiro atoms. The molecule has 0 aromatic rings. The molecular formula is C11H22N2O3S. The summed E-state index contributed by atoms with van der Waals surface area (Å²) in [5, 5.41) is 0. The van der Waals surface area contributed by atoms with Crippen molar-refractivity contribution in [3.63, 3.8) is 0 Å². The Hall–Kier alpha value is -0.620. The van der Waals surface area contributed by atoms with Crippen LogP contribution in [0.25, 0.3) is 0 Å². The van der Waals surface area contributed by atoms with Crippen LogP contribution in [-0.2, 0) is 14.6 Å². The first-order valence-electron chi connectivity index (χ1n) is 5.83. The third kappa shape index (κ3) is 3.96. The quantitative estimate of drug-likeness (QED) is 0.773. The molecule has 1 amide bonds. The van der Waals surface area contributed by atoms with Crippen LogP contribution in [0.2, 0.25) is 0 Å². The Bertz CT molecular complexity index is 390. The van der Waals surface area contributed by atoms with Gasteiger partial charge < -0.3 is 10.6 Å². The normalized spacial score (nSPS) is 23.6. The van der Waals surface area contributed by atoms with E-state index in [1.807, 2.05) is 13.8 Å². The van der Waals surface area contributed by atoms with Gasteiger partial charge in [0.2, 0.25) is 5.91 Å². The maximum atomic E-state index is 12.0. The van der Waals surface area contributed by atoms with Crippen molar-refractivity contribution in [1.29, 1.82) is 0 Å². The molecule has 1 fully saturated rings. The smallest absolute Gasteiger partial charge is 0.223 e. The van der Waals surface area contributed by atoms with Gasteiger partial charge in [0.1, 0.15) is 0 Å². The van der Waals surface area contributed by atoms with Gasteiger partial charge in [-0.05, 0) is 18.4 Å². The van der Waals surface area contributed by atoms with E-state index in [0.717, 1.165) is 0 Å². The zero-order valence-electron chi connectivity index (χ0n) is 10.8. The van der Waals surface area contributed by atoms with Crippen LogP contribution < -0.4 is 5.73 Å². The molecule has 0 saturated carbocycles. The molecule has 1 unspecified atom stereocenters. The lowest BCUT2D eigenvalue weighted by molar-refractivity contribution is -0.133. The minimum Gasteiger partial charge on any atom is -0.342 e. The number of hydrogen-bond donors (Lipinski definition) is 1. The van der Waals surface area contributed by atoms with Crippen molar-refractivity contribution in [2.24, 2.45) is 11.1 Å². The van der Waals surface area contributed by atoms with Crippen LogP contribution in [-0.4, -0.2) is 50.4 Å². The molecule has 2 N–H and O–H groups in total. The summed E-state index contributed by atoms with van der Waals surface area (Å²) in [6.45, 7) is 4.31. The first kappa shape index (κ1) is 14.4. The standard InChI is InChI=1S/C11H22N2O3S/c1-11(2,8-12)6-10(14)13(3)9-4-5-17(15,16)7-9/h9H,4-8,12H2,1-3H3. The first-order valence-corrected chi connectivity index (χ1v) is 7.65. The highest BCUT2D eigenvalue weighted by Gasteiger charge is 2.34. The van der Waals surface area contributed by atoms with E-state index in [1.54, 1.807) is 11.9 Å². The summed E-state index contributed by atoms with van der Waals surface area (Å²) >= 11 is 0. The van der Waals surface area contributed by atoms with Gasteiger partial charge in [0, 0.05) is 19.5 Å². The van der Waals surface area contributed by atoms with E-state index in [9.17, 15) is 13.2 Å². The Morgan fingerprint density at radius 2 is 2.06 bits per heavy atom. The summed E-state index contributed by atoms with van der Waals surface area (Å²) in [6.07, 6.45) is 0.907. The third-order valence-corrected chi connectivity index (χ3v) is 5.08. The third-order valence-electron chi connectivity index (χ3n) is 3.33. The van der Waals surface area contributed by atoms with Crippen molar-refractivity contribution < 1.29 is 13.2 Å². The Balaban J connectivity index is 2.60. The second-order valence-electron chi connectivity index (χ2n) is 5.61. The molecule has 1 aliphatic heterocycles. The Morgan fingerprint density at radius 3 is 2.47 bits per heavy atom. The predicted octanol–water partition coefficient (Wildman–Crippen LogP) is 0.00690. The molecule has 0 aliphatic carbocycles. The summed E-state index contributed by atoms with van der Waals surface area (Å²) in [6, 6.07) is -0.166. The lowest BCUT2D eigenvalue weighted by Crippen LogP contribution is -2.41. The fourth-order valence-corrected chi connectivity index (χ4v) is 3.67. The Morgan fingerprint density at radius 1 is 1.47 bits per heavy atom. The van der Waals surface area contributed by atoms with Gasteiger partial charge in [-0.25, -0.2) is 8.42 Å². The number of nitrogens with zero attached hydrogens (tertiary/aromatic N) is 1. The first-order chi connectivity index (χ1) is 7.67. The van der Waals surface area contributed by atoms with Crippen LogP contribution >= 0.6 is 0 Å². The Labute approximate surface area is 103 Å². The molecule has 0 aromatic carbocycles. The molecule has 0 aromatic heterocycles. The van der Waals surface area contributed by atoms with Crippen LogP contribution in [0.3, 0.4) is 0 Å². The average Bonchev–Trinajstić information content (AvgIpc) is 2.57. The summed E-state index contributed by atoms with van der Waals surface area (Å²) in [5.41, 5.74) is 5.35. The van der Waals surface area contributed by atoms with Gasteiger partial charge in [-0.1, -0.05) is 13.8 Å². The van der Waals surface area contributed by atoms with E-state index < -0.39 is 9.84 Å². The van der Waals surface area contributed by atoms with Crippen LogP contribution in [0.4, 0.5) is 0 Å². The molecule has 5 nitrogen and oxygen atoms in total. The van der Waals surface area contributed by atoms with Gasteiger partial charge in [0.05, 0.1) is 11.5 Å². The molecule has 17 heavy (non-hydrogen) atoms. The van der Waals surface area contributed by atoms with E-state index >= 15 is 0 Å². The van der Waals surface area contributed by atoms with Crippen LogP contribution in [0.5, 0.6) is 0 Å². The molecule has 0 bridgehead atoms. The van der Waals surface area contributed by atoms with Gasteiger partial charge in [-0.2, -0.15) is 0 Å². The Kier molecular flexibility index (Phi) is 4.19. The van der Waals surface area contributed by atoms with E-state index in [2.05, 4.69) is 0 Å². The summed E-state index contributed by atoms with van der Waals surface area (Å²) < 4.78 is 22.7.